The monoisotopic (exact) mass is 314 g/mol. The standard InChI is InChI=1S/C13H15BrO4/c1-16-12-3-2-9(7-11(12)14)6-10(15)8-13-17-4-5-18-13/h2-3,7,13H,4-6,8H2,1H3. The van der Waals surface area contributed by atoms with Crippen LogP contribution in [0.5, 0.6) is 5.75 Å². The van der Waals surface area contributed by atoms with Gasteiger partial charge in [-0.3, -0.25) is 4.79 Å². The van der Waals surface area contributed by atoms with Crippen LogP contribution in [-0.2, 0) is 20.7 Å². The van der Waals surface area contributed by atoms with Crippen molar-refractivity contribution in [3.05, 3.63) is 28.2 Å². The van der Waals surface area contributed by atoms with Crippen LogP contribution in [0, 0.1) is 0 Å². The number of hydrogen-bond donors (Lipinski definition) is 0. The van der Waals surface area contributed by atoms with E-state index in [-0.39, 0.29) is 12.1 Å². The first-order valence-corrected chi connectivity index (χ1v) is 6.55. The average Bonchev–Trinajstić information content (AvgIpc) is 2.82. The fourth-order valence-electron chi connectivity index (χ4n) is 1.83. The van der Waals surface area contributed by atoms with Crippen LogP contribution in [0.4, 0.5) is 0 Å². The van der Waals surface area contributed by atoms with Crippen molar-refractivity contribution in [2.24, 2.45) is 0 Å². The molecule has 0 saturated carbocycles. The fraction of sp³-hybridized carbons (Fsp3) is 0.462. The Hall–Kier alpha value is -0.910. The maximum Gasteiger partial charge on any atom is 0.164 e. The minimum Gasteiger partial charge on any atom is -0.496 e. The highest BCUT2D eigenvalue weighted by atomic mass is 79.9. The molecule has 0 unspecified atom stereocenters. The van der Waals surface area contributed by atoms with E-state index in [1.54, 1.807) is 7.11 Å². The van der Waals surface area contributed by atoms with Gasteiger partial charge in [-0.25, -0.2) is 0 Å². The lowest BCUT2D eigenvalue weighted by Gasteiger charge is -2.09. The zero-order valence-corrected chi connectivity index (χ0v) is 11.7. The molecule has 1 fully saturated rings. The first-order valence-electron chi connectivity index (χ1n) is 5.76. The number of carbonyl (C=O) groups excluding carboxylic acids is 1. The van der Waals surface area contributed by atoms with Gasteiger partial charge in [-0.05, 0) is 33.6 Å². The number of hydrogen-bond acceptors (Lipinski definition) is 4. The fourth-order valence-corrected chi connectivity index (χ4v) is 2.42. The molecule has 0 bridgehead atoms. The van der Waals surface area contributed by atoms with Crippen LogP contribution in [-0.4, -0.2) is 32.4 Å². The number of benzene rings is 1. The second-order valence-electron chi connectivity index (χ2n) is 4.06. The predicted octanol–water partition coefficient (Wildman–Crippen LogP) is 2.33. The van der Waals surface area contributed by atoms with Crippen molar-refractivity contribution in [3.63, 3.8) is 0 Å². The summed E-state index contributed by atoms with van der Waals surface area (Å²) in [7, 11) is 1.61. The molecule has 0 amide bonds. The van der Waals surface area contributed by atoms with Crippen molar-refractivity contribution in [1.82, 2.24) is 0 Å². The second-order valence-corrected chi connectivity index (χ2v) is 4.91. The summed E-state index contributed by atoms with van der Waals surface area (Å²) in [6, 6.07) is 5.63. The summed E-state index contributed by atoms with van der Waals surface area (Å²) in [5, 5.41) is 0. The number of Topliss-reactive ketones (excluding diaryl/α,β-unsaturated/α-hetero) is 1. The van der Waals surface area contributed by atoms with Gasteiger partial charge < -0.3 is 14.2 Å². The van der Waals surface area contributed by atoms with Gasteiger partial charge in [0.2, 0.25) is 0 Å². The maximum atomic E-state index is 11.8. The highest BCUT2D eigenvalue weighted by Gasteiger charge is 2.19. The molecule has 0 radical (unpaired) electrons. The van der Waals surface area contributed by atoms with Crippen molar-refractivity contribution < 1.29 is 19.0 Å². The van der Waals surface area contributed by atoms with E-state index in [2.05, 4.69) is 15.9 Å². The number of ether oxygens (including phenoxy) is 3. The lowest BCUT2D eigenvalue weighted by atomic mass is 10.1. The summed E-state index contributed by atoms with van der Waals surface area (Å²) < 4.78 is 16.5. The zero-order valence-electron chi connectivity index (χ0n) is 10.1. The van der Waals surface area contributed by atoms with Gasteiger partial charge in [-0.15, -0.1) is 0 Å². The topological polar surface area (TPSA) is 44.8 Å². The van der Waals surface area contributed by atoms with Gasteiger partial charge >= 0.3 is 0 Å². The molecule has 0 spiro atoms. The summed E-state index contributed by atoms with van der Waals surface area (Å²) in [5.41, 5.74) is 0.950. The molecule has 18 heavy (non-hydrogen) atoms. The van der Waals surface area contributed by atoms with E-state index < -0.39 is 0 Å². The molecule has 2 rings (SSSR count). The smallest absolute Gasteiger partial charge is 0.164 e. The third kappa shape index (κ3) is 3.54. The minimum atomic E-state index is -0.362. The molecule has 0 aromatic heterocycles. The molecule has 4 nitrogen and oxygen atoms in total. The van der Waals surface area contributed by atoms with E-state index in [9.17, 15) is 4.79 Å². The van der Waals surface area contributed by atoms with Gasteiger partial charge in [-0.2, -0.15) is 0 Å². The third-order valence-electron chi connectivity index (χ3n) is 2.70. The van der Waals surface area contributed by atoms with Gasteiger partial charge in [0.05, 0.1) is 31.2 Å². The Labute approximate surface area is 114 Å². The Morgan fingerprint density at radius 1 is 1.44 bits per heavy atom. The van der Waals surface area contributed by atoms with Crippen LogP contribution >= 0.6 is 15.9 Å². The van der Waals surface area contributed by atoms with Crippen LogP contribution < -0.4 is 4.74 Å². The lowest BCUT2D eigenvalue weighted by Crippen LogP contribution is -2.15. The molecule has 1 aromatic rings. The van der Waals surface area contributed by atoms with Crippen molar-refractivity contribution in [2.45, 2.75) is 19.1 Å². The van der Waals surface area contributed by atoms with Crippen LogP contribution in [0.2, 0.25) is 0 Å². The summed E-state index contributed by atoms with van der Waals surface area (Å²) >= 11 is 3.40. The van der Waals surface area contributed by atoms with Gasteiger partial charge in [0.1, 0.15) is 11.5 Å². The van der Waals surface area contributed by atoms with Crippen molar-refractivity contribution >= 4 is 21.7 Å². The predicted molar refractivity (Wildman–Crippen MR) is 69.7 cm³/mol. The Bertz CT molecular complexity index is 427. The summed E-state index contributed by atoms with van der Waals surface area (Å²) in [4.78, 5) is 11.8. The second kappa shape index (κ2) is 6.31. The lowest BCUT2D eigenvalue weighted by molar-refractivity contribution is -0.126. The molecule has 5 heteroatoms. The van der Waals surface area contributed by atoms with E-state index in [4.69, 9.17) is 14.2 Å². The van der Waals surface area contributed by atoms with E-state index >= 15 is 0 Å². The first kappa shape index (κ1) is 13.5. The highest BCUT2D eigenvalue weighted by molar-refractivity contribution is 9.10. The molecular formula is C13H15BrO4. The van der Waals surface area contributed by atoms with E-state index in [1.165, 1.54) is 0 Å². The number of carbonyl (C=O) groups is 1. The van der Waals surface area contributed by atoms with Gasteiger partial charge in [0.15, 0.2) is 6.29 Å². The number of halogens is 1. The molecule has 0 atom stereocenters. The van der Waals surface area contributed by atoms with Crippen LogP contribution in [0.1, 0.15) is 12.0 Å². The zero-order chi connectivity index (χ0) is 13.0. The van der Waals surface area contributed by atoms with E-state index in [0.717, 1.165) is 15.8 Å². The van der Waals surface area contributed by atoms with Crippen LogP contribution in [0.25, 0.3) is 0 Å². The molecule has 1 aromatic carbocycles. The normalized spacial score (nSPS) is 15.9. The van der Waals surface area contributed by atoms with E-state index in [0.29, 0.717) is 26.1 Å². The van der Waals surface area contributed by atoms with Crippen molar-refractivity contribution in [2.75, 3.05) is 20.3 Å². The van der Waals surface area contributed by atoms with Gasteiger partial charge in [0.25, 0.3) is 0 Å². The highest BCUT2D eigenvalue weighted by Crippen LogP contribution is 2.26. The van der Waals surface area contributed by atoms with Gasteiger partial charge in [0, 0.05) is 6.42 Å². The van der Waals surface area contributed by atoms with Crippen molar-refractivity contribution in [1.29, 1.82) is 0 Å². The summed E-state index contributed by atoms with van der Waals surface area (Å²) in [6.45, 7) is 1.15. The molecule has 0 N–H and O–H groups in total. The van der Waals surface area contributed by atoms with Crippen molar-refractivity contribution in [3.8, 4) is 5.75 Å². The Balaban J connectivity index is 1.92. The Kier molecular flexibility index (Phi) is 4.74. The number of rotatable bonds is 5. The first-order chi connectivity index (χ1) is 8.69. The quantitative estimate of drug-likeness (QED) is 0.836. The number of methoxy groups -OCH3 is 1. The Morgan fingerprint density at radius 3 is 2.78 bits per heavy atom. The Morgan fingerprint density at radius 2 is 2.17 bits per heavy atom. The molecule has 1 heterocycles. The summed E-state index contributed by atoms with van der Waals surface area (Å²) in [6.07, 6.45) is 0.328. The van der Waals surface area contributed by atoms with Crippen LogP contribution in [0.15, 0.2) is 22.7 Å². The SMILES string of the molecule is COc1ccc(CC(=O)CC2OCCO2)cc1Br. The molecular weight excluding hydrogens is 300 g/mol. The molecule has 1 aliphatic heterocycles. The largest absolute Gasteiger partial charge is 0.496 e. The third-order valence-corrected chi connectivity index (χ3v) is 3.32. The maximum absolute atomic E-state index is 11.8. The van der Waals surface area contributed by atoms with E-state index in [1.807, 2.05) is 18.2 Å². The molecule has 1 aliphatic rings. The van der Waals surface area contributed by atoms with Crippen LogP contribution in [0.3, 0.4) is 0 Å². The van der Waals surface area contributed by atoms with Gasteiger partial charge in [-0.1, -0.05) is 6.07 Å². The molecule has 0 aliphatic carbocycles. The summed E-state index contributed by atoms with van der Waals surface area (Å²) in [5.74, 6) is 0.868. The minimum absolute atomic E-state index is 0.110. The number of ketones is 1. The average molecular weight is 315 g/mol. The molecule has 1 saturated heterocycles. The molecule has 98 valence electrons.